The molecule has 1 aromatic carbocycles. The smallest absolute Gasteiger partial charge is 0.251 e. The Morgan fingerprint density at radius 2 is 1.93 bits per heavy atom. The third-order valence-corrected chi connectivity index (χ3v) is 4.40. The highest BCUT2D eigenvalue weighted by molar-refractivity contribution is 5.76. The van der Waals surface area contributed by atoms with Gasteiger partial charge < -0.3 is 23.2 Å². The van der Waals surface area contributed by atoms with Gasteiger partial charge in [0.15, 0.2) is 11.5 Å². The van der Waals surface area contributed by atoms with Gasteiger partial charge in [-0.25, -0.2) is 0 Å². The Labute approximate surface area is 163 Å². The van der Waals surface area contributed by atoms with Crippen LogP contribution in [0.3, 0.4) is 0 Å². The first kappa shape index (κ1) is 19.5. The number of aromatic nitrogens is 2. The van der Waals surface area contributed by atoms with Crippen LogP contribution in [0.5, 0.6) is 11.5 Å². The van der Waals surface area contributed by atoms with Crippen molar-refractivity contribution < 1.29 is 23.1 Å². The van der Waals surface area contributed by atoms with Crippen LogP contribution < -0.4 is 9.47 Å². The topological polar surface area (TPSA) is 90.8 Å². The van der Waals surface area contributed by atoms with Crippen LogP contribution in [0, 0.1) is 6.92 Å². The SMILES string of the molecule is COc1ccc(CN(C)C(=O)CCc2nnc(-c3ccoc3C)o2)cc1OC. The number of carbonyl (C=O) groups excluding carboxylic acids is 1. The van der Waals surface area contributed by atoms with Gasteiger partial charge >= 0.3 is 0 Å². The van der Waals surface area contributed by atoms with Gasteiger partial charge in [0.25, 0.3) is 5.89 Å². The van der Waals surface area contributed by atoms with E-state index < -0.39 is 0 Å². The lowest BCUT2D eigenvalue weighted by Gasteiger charge is -2.18. The summed E-state index contributed by atoms with van der Waals surface area (Å²) < 4.78 is 21.4. The van der Waals surface area contributed by atoms with Gasteiger partial charge in [-0.15, -0.1) is 10.2 Å². The van der Waals surface area contributed by atoms with E-state index in [4.69, 9.17) is 18.3 Å². The minimum Gasteiger partial charge on any atom is -0.493 e. The van der Waals surface area contributed by atoms with Gasteiger partial charge in [0.2, 0.25) is 11.8 Å². The second kappa shape index (κ2) is 8.60. The van der Waals surface area contributed by atoms with Crippen molar-refractivity contribution in [1.82, 2.24) is 15.1 Å². The van der Waals surface area contributed by atoms with Crippen molar-refractivity contribution in [1.29, 1.82) is 0 Å². The van der Waals surface area contributed by atoms with E-state index in [2.05, 4.69) is 10.2 Å². The maximum atomic E-state index is 12.5. The van der Waals surface area contributed by atoms with E-state index in [9.17, 15) is 4.79 Å². The summed E-state index contributed by atoms with van der Waals surface area (Å²) in [7, 11) is 4.93. The molecule has 0 spiro atoms. The van der Waals surface area contributed by atoms with E-state index >= 15 is 0 Å². The van der Waals surface area contributed by atoms with Crippen molar-refractivity contribution in [2.24, 2.45) is 0 Å². The molecule has 2 aromatic heterocycles. The fourth-order valence-corrected chi connectivity index (χ4v) is 2.82. The van der Waals surface area contributed by atoms with E-state index in [0.717, 1.165) is 11.1 Å². The van der Waals surface area contributed by atoms with Crippen molar-refractivity contribution >= 4 is 5.91 Å². The number of rotatable bonds is 8. The Balaban J connectivity index is 1.56. The molecule has 0 unspecified atom stereocenters. The molecule has 0 aliphatic heterocycles. The van der Waals surface area contributed by atoms with Gasteiger partial charge in [-0.3, -0.25) is 4.79 Å². The predicted molar refractivity (Wildman–Crippen MR) is 101 cm³/mol. The molecule has 0 N–H and O–H groups in total. The lowest BCUT2D eigenvalue weighted by Crippen LogP contribution is -2.26. The lowest BCUT2D eigenvalue weighted by atomic mass is 10.2. The molecule has 0 radical (unpaired) electrons. The number of hydrogen-bond donors (Lipinski definition) is 0. The molecule has 0 aliphatic carbocycles. The molecule has 2 heterocycles. The van der Waals surface area contributed by atoms with Gasteiger partial charge in [0.1, 0.15) is 5.76 Å². The molecule has 148 valence electrons. The second-order valence-electron chi connectivity index (χ2n) is 6.33. The molecule has 8 nitrogen and oxygen atoms in total. The first-order valence-electron chi connectivity index (χ1n) is 8.83. The summed E-state index contributed by atoms with van der Waals surface area (Å²) >= 11 is 0. The summed E-state index contributed by atoms with van der Waals surface area (Å²) in [5.74, 6) is 2.79. The first-order valence-corrected chi connectivity index (χ1v) is 8.83. The predicted octanol–water partition coefficient (Wildman–Crippen LogP) is 3.25. The molecular weight excluding hydrogens is 362 g/mol. The second-order valence-corrected chi connectivity index (χ2v) is 6.33. The van der Waals surface area contributed by atoms with E-state index in [-0.39, 0.29) is 12.3 Å². The van der Waals surface area contributed by atoms with Gasteiger partial charge in [0.05, 0.1) is 26.0 Å². The number of ether oxygens (including phenoxy) is 2. The van der Waals surface area contributed by atoms with Crippen LogP contribution in [0.15, 0.2) is 39.4 Å². The fourth-order valence-electron chi connectivity index (χ4n) is 2.82. The first-order chi connectivity index (χ1) is 13.5. The Morgan fingerprint density at radius 3 is 2.61 bits per heavy atom. The third kappa shape index (κ3) is 4.33. The average molecular weight is 385 g/mol. The minimum absolute atomic E-state index is 0.0194. The van der Waals surface area contributed by atoms with Crippen LogP contribution in [0.25, 0.3) is 11.5 Å². The Hall–Kier alpha value is -3.29. The summed E-state index contributed by atoms with van der Waals surface area (Å²) in [5.41, 5.74) is 1.71. The number of benzene rings is 1. The molecule has 0 bridgehead atoms. The monoisotopic (exact) mass is 385 g/mol. The number of amides is 1. The van der Waals surface area contributed by atoms with E-state index in [0.29, 0.717) is 42.0 Å². The van der Waals surface area contributed by atoms with E-state index in [1.165, 1.54) is 0 Å². The van der Waals surface area contributed by atoms with Gasteiger partial charge in [-0.1, -0.05) is 6.07 Å². The summed E-state index contributed by atoms with van der Waals surface area (Å²) in [6.45, 7) is 2.29. The highest BCUT2D eigenvalue weighted by Crippen LogP contribution is 2.28. The van der Waals surface area contributed by atoms with Crippen LogP contribution in [0.4, 0.5) is 0 Å². The number of nitrogens with zero attached hydrogens (tertiary/aromatic N) is 3. The Morgan fingerprint density at radius 1 is 1.14 bits per heavy atom. The van der Waals surface area contributed by atoms with Gasteiger partial charge in [0, 0.05) is 26.4 Å². The van der Waals surface area contributed by atoms with Crippen molar-refractivity contribution in [2.45, 2.75) is 26.3 Å². The summed E-state index contributed by atoms with van der Waals surface area (Å²) in [5, 5.41) is 8.03. The van der Waals surface area contributed by atoms with E-state index in [1.54, 1.807) is 38.5 Å². The molecule has 0 atom stereocenters. The maximum Gasteiger partial charge on any atom is 0.251 e. The number of methoxy groups -OCH3 is 2. The molecule has 0 fully saturated rings. The average Bonchev–Trinajstić information content (AvgIpc) is 3.34. The van der Waals surface area contributed by atoms with Crippen molar-refractivity contribution in [3.05, 3.63) is 47.7 Å². The highest BCUT2D eigenvalue weighted by Gasteiger charge is 2.16. The Bertz CT molecular complexity index is 947. The van der Waals surface area contributed by atoms with Crippen molar-refractivity contribution in [2.75, 3.05) is 21.3 Å². The summed E-state index contributed by atoms with van der Waals surface area (Å²) in [4.78, 5) is 14.1. The number of furan rings is 1. The van der Waals surface area contributed by atoms with Crippen molar-refractivity contribution in [3.63, 3.8) is 0 Å². The largest absolute Gasteiger partial charge is 0.493 e. The van der Waals surface area contributed by atoms with Gasteiger partial charge in [-0.05, 0) is 30.7 Å². The molecule has 0 saturated heterocycles. The maximum absolute atomic E-state index is 12.5. The molecule has 8 heteroatoms. The van der Waals surface area contributed by atoms with Crippen LogP contribution >= 0.6 is 0 Å². The Kier molecular flexibility index (Phi) is 5.98. The van der Waals surface area contributed by atoms with Crippen LogP contribution in [0.1, 0.15) is 23.6 Å². The summed E-state index contributed by atoms with van der Waals surface area (Å²) in [6.07, 6.45) is 2.22. The zero-order valence-electron chi connectivity index (χ0n) is 16.4. The molecule has 1 amide bonds. The number of carbonyl (C=O) groups is 1. The van der Waals surface area contributed by atoms with Crippen LogP contribution in [0.2, 0.25) is 0 Å². The van der Waals surface area contributed by atoms with Crippen molar-refractivity contribution in [3.8, 4) is 23.0 Å². The summed E-state index contributed by atoms with van der Waals surface area (Å²) in [6, 6.07) is 7.36. The van der Waals surface area contributed by atoms with Crippen LogP contribution in [-0.4, -0.2) is 42.3 Å². The molecule has 0 saturated carbocycles. The highest BCUT2D eigenvalue weighted by atomic mass is 16.5. The molecule has 3 rings (SSSR count). The normalized spacial score (nSPS) is 10.7. The number of aryl methyl sites for hydroxylation is 2. The fraction of sp³-hybridized carbons (Fsp3) is 0.350. The third-order valence-electron chi connectivity index (χ3n) is 4.40. The zero-order chi connectivity index (χ0) is 20.1. The van der Waals surface area contributed by atoms with E-state index in [1.807, 2.05) is 25.1 Å². The minimum atomic E-state index is -0.0194. The quantitative estimate of drug-likeness (QED) is 0.588. The molecule has 3 aromatic rings. The number of hydrogen-bond acceptors (Lipinski definition) is 7. The zero-order valence-corrected chi connectivity index (χ0v) is 16.4. The molecule has 0 aliphatic rings. The lowest BCUT2D eigenvalue weighted by molar-refractivity contribution is -0.130. The standard InChI is InChI=1S/C20H23N3O5/c1-13-15(9-10-27-13)20-22-21-18(28-20)7-8-19(24)23(2)12-14-5-6-16(25-3)17(11-14)26-4/h5-6,9-11H,7-8,12H2,1-4H3. The molecular formula is C20H23N3O5. The van der Waals surface area contributed by atoms with Crippen LogP contribution in [-0.2, 0) is 17.8 Å². The molecule has 28 heavy (non-hydrogen) atoms. The van der Waals surface area contributed by atoms with Gasteiger partial charge in [-0.2, -0.15) is 0 Å².